The number of allylic oxidation sites excluding steroid dienone is 2. The number of esters is 2. The lowest BCUT2D eigenvalue weighted by atomic mass is 10.0. The Morgan fingerprint density at radius 2 is 0.962 bits per heavy atom. The summed E-state index contributed by atoms with van der Waals surface area (Å²) in [4.78, 5) is 45.8. The van der Waals surface area contributed by atoms with Crippen molar-refractivity contribution in [3.05, 3.63) is 12.2 Å². The molecule has 0 aliphatic rings. The van der Waals surface area contributed by atoms with Gasteiger partial charge in [0.2, 0.25) is 0 Å². The first kappa shape index (κ1) is 51.2. The van der Waals surface area contributed by atoms with Crippen LogP contribution in [0.5, 0.6) is 0 Å². The maximum Gasteiger partial charge on any atom is 0.472 e. The molecule has 0 aromatic rings. The van der Waals surface area contributed by atoms with E-state index in [4.69, 9.17) is 24.8 Å². The lowest BCUT2D eigenvalue weighted by Gasteiger charge is -2.20. The third-order valence-electron chi connectivity index (χ3n) is 9.26. The van der Waals surface area contributed by atoms with Crippen molar-refractivity contribution < 1.29 is 47.5 Å². The maximum atomic E-state index is 12.6. The van der Waals surface area contributed by atoms with Crippen LogP contribution in [0.2, 0.25) is 0 Å². The van der Waals surface area contributed by atoms with Gasteiger partial charge in [0.25, 0.3) is 0 Å². The Labute approximate surface area is 322 Å². The molecule has 0 aliphatic carbocycles. The minimum atomic E-state index is -4.71. The molecule has 312 valence electrons. The summed E-state index contributed by atoms with van der Waals surface area (Å²) in [6, 6.07) is -1.52. The highest BCUT2D eigenvalue weighted by Crippen LogP contribution is 2.43. The quantitative estimate of drug-likeness (QED) is 0.0234. The second kappa shape index (κ2) is 37.2. The van der Waals surface area contributed by atoms with Crippen LogP contribution in [0.3, 0.4) is 0 Å². The van der Waals surface area contributed by atoms with Crippen LogP contribution in [0.1, 0.15) is 200 Å². The normalized spacial score (nSPS) is 13.9. The fraction of sp³-hybridized carbons (Fsp3) is 0.878. The zero-order chi connectivity index (χ0) is 39.3. The minimum Gasteiger partial charge on any atom is -0.480 e. The number of rotatable bonds is 40. The van der Waals surface area contributed by atoms with Gasteiger partial charge in [-0.1, -0.05) is 167 Å². The Balaban J connectivity index is 4.29. The number of carboxylic acids is 1. The molecule has 4 N–H and O–H groups in total. The third kappa shape index (κ3) is 36.9. The number of ether oxygens (including phenoxy) is 2. The van der Waals surface area contributed by atoms with Crippen molar-refractivity contribution in [2.24, 2.45) is 5.73 Å². The van der Waals surface area contributed by atoms with Crippen LogP contribution in [-0.4, -0.2) is 59.9 Å². The largest absolute Gasteiger partial charge is 0.480 e. The van der Waals surface area contributed by atoms with Gasteiger partial charge in [-0.3, -0.25) is 23.4 Å². The Bertz CT molecular complexity index is 963. The van der Waals surface area contributed by atoms with E-state index in [1.807, 2.05) is 0 Å². The fourth-order valence-corrected chi connectivity index (χ4v) is 6.65. The molecule has 0 aliphatic heterocycles. The maximum absolute atomic E-state index is 12.6. The van der Waals surface area contributed by atoms with E-state index in [-0.39, 0.29) is 19.4 Å². The molecule has 0 radical (unpaired) electrons. The smallest absolute Gasteiger partial charge is 0.472 e. The summed E-state index contributed by atoms with van der Waals surface area (Å²) in [5, 5.41) is 8.87. The highest BCUT2D eigenvalue weighted by atomic mass is 31.2. The summed E-state index contributed by atoms with van der Waals surface area (Å²) in [7, 11) is -4.71. The van der Waals surface area contributed by atoms with E-state index in [9.17, 15) is 23.8 Å². The first-order valence-corrected chi connectivity index (χ1v) is 22.7. The van der Waals surface area contributed by atoms with Gasteiger partial charge < -0.3 is 25.2 Å². The molecule has 0 aromatic heterocycles. The number of unbranched alkanes of at least 4 members (excludes halogenated alkanes) is 24. The number of phosphoric ester groups is 1. The molecule has 0 amide bonds. The first-order valence-electron chi connectivity index (χ1n) is 21.2. The number of phosphoric acid groups is 1. The first-order chi connectivity index (χ1) is 25.6. The lowest BCUT2D eigenvalue weighted by molar-refractivity contribution is -0.161. The molecule has 12 heteroatoms. The Kier molecular flexibility index (Phi) is 35.9. The van der Waals surface area contributed by atoms with Crippen molar-refractivity contribution in [1.82, 2.24) is 0 Å². The van der Waals surface area contributed by atoms with Crippen LogP contribution in [-0.2, 0) is 37.5 Å². The Hall–Kier alpha value is -1.78. The molecule has 0 heterocycles. The van der Waals surface area contributed by atoms with E-state index in [1.54, 1.807) is 0 Å². The van der Waals surface area contributed by atoms with Gasteiger partial charge >= 0.3 is 25.7 Å². The molecule has 3 atom stereocenters. The fourth-order valence-electron chi connectivity index (χ4n) is 5.87. The van der Waals surface area contributed by atoms with Crippen LogP contribution in [0.4, 0.5) is 0 Å². The summed E-state index contributed by atoms with van der Waals surface area (Å²) in [6.07, 6.45) is 35.7. The van der Waals surface area contributed by atoms with Crippen molar-refractivity contribution in [3.63, 3.8) is 0 Å². The second-order valence-corrected chi connectivity index (χ2v) is 15.9. The van der Waals surface area contributed by atoms with Gasteiger partial charge in [0.15, 0.2) is 6.10 Å². The molecule has 0 saturated carbocycles. The number of nitrogens with two attached hydrogens (primary N) is 1. The zero-order valence-electron chi connectivity index (χ0n) is 33.6. The van der Waals surface area contributed by atoms with E-state index in [2.05, 4.69) is 30.5 Å². The van der Waals surface area contributed by atoms with Crippen molar-refractivity contribution in [3.8, 4) is 0 Å². The molecule has 1 unspecified atom stereocenters. The van der Waals surface area contributed by atoms with Crippen molar-refractivity contribution in [2.45, 2.75) is 212 Å². The molecule has 0 spiro atoms. The van der Waals surface area contributed by atoms with E-state index in [0.717, 1.165) is 57.8 Å². The standard InChI is InChI=1S/C41H78NO10P/c1-3-5-7-9-11-13-15-16-17-18-19-20-21-23-24-26-28-30-32-39(43)49-34-37(35-50-53(47,48)51-36-38(42)41(45)46)52-40(44)33-31-29-27-25-22-14-12-10-8-6-4-2/h10,12,37-38H,3-9,11,13-36,42H2,1-2H3,(H,45,46)(H,47,48)/b12-10-/t37-,38+/m1/s1. The molecule has 0 bridgehead atoms. The van der Waals surface area contributed by atoms with Crippen molar-refractivity contribution in [1.29, 1.82) is 0 Å². The van der Waals surface area contributed by atoms with Gasteiger partial charge in [0.05, 0.1) is 13.2 Å². The van der Waals surface area contributed by atoms with Gasteiger partial charge in [0, 0.05) is 12.8 Å². The van der Waals surface area contributed by atoms with Gasteiger partial charge in [-0.2, -0.15) is 0 Å². The van der Waals surface area contributed by atoms with Gasteiger partial charge in [-0.05, 0) is 32.1 Å². The molecule has 0 rings (SSSR count). The van der Waals surface area contributed by atoms with Crippen LogP contribution >= 0.6 is 7.82 Å². The predicted octanol–water partition coefficient (Wildman–Crippen LogP) is 10.9. The van der Waals surface area contributed by atoms with Gasteiger partial charge in [-0.15, -0.1) is 0 Å². The predicted molar refractivity (Wildman–Crippen MR) is 213 cm³/mol. The Morgan fingerprint density at radius 1 is 0.566 bits per heavy atom. The van der Waals surface area contributed by atoms with Crippen molar-refractivity contribution in [2.75, 3.05) is 19.8 Å². The highest BCUT2D eigenvalue weighted by Gasteiger charge is 2.28. The number of carbonyl (C=O) groups excluding carboxylic acids is 2. The number of hydrogen-bond acceptors (Lipinski definition) is 9. The number of carboxylic acid groups (broad SMARTS) is 1. The Morgan fingerprint density at radius 3 is 1.43 bits per heavy atom. The SMILES string of the molecule is CCCC/C=C\CCCCCCCC(=O)O[C@H](COC(=O)CCCCCCCCCCCCCCCCCCCC)COP(=O)(O)OC[C@H](N)C(=O)O. The van der Waals surface area contributed by atoms with Crippen LogP contribution in [0, 0.1) is 0 Å². The van der Waals surface area contributed by atoms with E-state index in [0.29, 0.717) is 12.8 Å². The lowest BCUT2D eigenvalue weighted by Crippen LogP contribution is -2.34. The highest BCUT2D eigenvalue weighted by molar-refractivity contribution is 7.47. The number of aliphatic carboxylic acids is 1. The van der Waals surface area contributed by atoms with Gasteiger partial charge in [0.1, 0.15) is 12.6 Å². The van der Waals surface area contributed by atoms with E-state index >= 15 is 0 Å². The topological polar surface area (TPSA) is 172 Å². The molecule has 0 saturated heterocycles. The van der Waals surface area contributed by atoms with E-state index < -0.39 is 51.1 Å². The molecule has 53 heavy (non-hydrogen) atoms. The molecule has 0 aromatic carbocycles. The summed E-state index contributed by atoms with van der Waals surface area (Å²) in [5.74, 6) is -2.38. The average Bonchev–Trinajstić information content (AvgIpc) is 3.13. The summed E-state index contributed by atoms with van der Waals surface area (Å²) < 4.78 is 32.6. The van der Waals surface area contributed by atoms with E-state index in [1.165, 1.54) is 103 Å². The number of carbonyl (C=O) groups is 3. The second-order valence-electron chi connectivity index (χ2n) is 14.5. The molecule has 11 nitrogen and oxygen atoms in total. The van der Waals surface area contributed by atoms with Crippen LogP contribution in [0.15, 0.2) is 12.2 Å². The minimum absolute atomic E-state index is 0.154. The van der Waals surface area contributed by atoms with Crippen LogP contribution in [0.25, 0.3) is 0 Å². The summed E-state index contributed by atoms with van der Waals surface area (Å²) >= 11 is 0. The summed E-state index contributed by atoms with van der Waals surface area (Å²) in [5.41, 5.74) is 5.32. The molecular formula is C41H78NO10P. The molecular weight excluding hydrogens is 697 g/mol. The average molecular weight is 776 g/mol. The molecule has 0 fully saturated rings. The summed E-state index contributed by atoms with van der Waals surface area (Å²) in [6.45, 7) is 2.77. The number of hydrogen-bond donors (Lipinski definition) is 3. The van der Waals surface area contributed by atoms with Crippen molar-refractivity contribution >= 4 is 25.7 Å². The van der Waals surface area contributed by atoms with Gasteiger partial charge in [-0.25, -0.2) is 4.57 Å². The third-order valence-corrected chi connectivity index (χ3v) is 10.2. The monoisotopic (exact) mass is 776 g/mol. The zero-order valence-corrected chi connectivity index (χ0v) is 34.5. The van der Waals surface area contributed by atoms with Crippen LogP contribution < -0.4 is 5.73 Å².